The molecule has 0 fully saturated rings. The summed E-state index contributed by atoms with van der Waals surface area (Å²) in [6, 6.07) is 17.5. The fourth-order valence-electron chi connectivity index (χ4n) is 2.79. The molecule has 25 heavy (non-hydrogen) atoms. The molecule has 2 aromatic rings. The minimum Gasteiger partial charge on any atom is -0.504 e. The summed E-state index contributed by atoms with van der Waals surface area (Å²) < 4.78 is 0. The van der Waals surface area contributed by atoms with E-state index in [4.69, 9.17) is 0 Å². The summed E-state index contributed by atoms with van der Waals surface area (Å²) in [4.78, 5) is 25.1. The number of hydrogen-bond acceptors (Lipinski definition) is 4. The van der Waals surface area contributed by atoms with Gasteiger partial charge in [-0.1, -0.05) is 66.7 Å². The van der Waals surface area contributed by atoms with Gasteiger partial charge in [0.1, 0.15) is 0 Å². The molecular weight excluding hydrogens is 316 g/mol. The molecule has 0 aliphatic heterocycles. The van der Waals surface area contributed by atoms with Crippen LogP contribution < -0.4 is 0 Å². The van der Waals surface area contributed by atoms with Crippen LogP contribution in [-0.4, -0.2) is 21.8 Å². The normalized spacial score (nSPS) is 15.8. The van der Waals surface area contributed by atoms with E-state index in [0.29, 0.717) is 11.1 Å². The molecule has 2 N–H and O–H groups in total. The van der Waals surface area contributed by atoms with Crippen molar-refractivity contribution in [2.24, 2.45) is 0 Å². The first-order chi connectivity index (χ1) is 12.0. The number of allylic oxidation sites excluding steroid dienone is 3. The lowest BCUT2D eigenvalue weighted by atomic mass is 9.86. The molecule has 0 heterocycles. The van der Waals surface area contributed by atoms with Gasteiger partial charge >= 0.3 is 0 Å². The summed E-state index contributed by atoms with van der Waals surface area (Å²) in [7, 11) is 0. The molecule has 2 aromatic carbocycles. The first kappa shape index (κ1) is 16.5. The molecule has 0 unspecified atom stereocenters. The molecule has 4 heteroatoms. The Labute approximate surface area is 145 Å². The average molecular weight is 332 g/mol. The van der Waals surface area contributed by atoms with Crippen molar-refractivity contribution in [3.8, 4) is 0 Å². The lowest BCUT2D eigenvalue weighted by molar-refractivity contribution is -0.118. The van der Waals surface area contributed by atoms with Crippen LogP contribution >= 0.6 is 0 Å². The second-order valence-corrected chi connectivity index (χ2v) is 5.71. The molecule has 124 valence electrons. The van der Waals surface area contributed by atoms with E-state index in [1.165, 1.54) is 0 Å². The molecule has 0 radical (unpaired) electrons. The van der Waals surface area contributed by atoms with E-state index in [1.807, 2.05) is 30.3 Å². The number of carbonyl (C=O) groups excluding carboxylic acids is 2. The summed E-state index contributed by atoms with van der Waals surface area (Å²) in [5.74, 6) is -2.82. The molecule has 1 aliphatic carbocycles. The van der Waals surface area contributed by atoms with Crippen molar-refractivity contribution < 1.29 is 19.8 Å². The Morgan fingerprint density at radius 3 is 1.96 bits per heavy atom. The Kier molecular flexibility index (Phi) is 4.35. The number of aliphatic hydroxyl groups excluding tert-OH is 2. The van der Waals surface area contributed by atoms with Crippen LogP contribution in [0.5, 0.6) is 0 Å². The maximum absolute atomic E-state index is 12.6. The molecule has 1 aliphatic rings. The topological polar surface area (TPSA) is 74.6 Å². The zero-order valence-electron chi connectivity index (χ0n) is 13.6. The molecule has 0 saturated heterocycles. The van der Waals surface area contributed by atoms with Crippen LogP contribution in [-0.2, 0) is 9.59 Å². The van der Waals surface area contributed by atoms with Crippen LogP contribution in [0.2, 0.25) is 0 Å². The fraction of sp³-hybridized carbons (Fsp3) is 0.0476. The molecule has 3 rings (SSSR count). The Morgan fingerprint density at radius 1 is 0.800 bits per heavy atom. The highest BCUT2D eigenvalue weighted by Crippen LogP contribution is 2.32. The van der Waals surface area contributed by atoms with E-state index in [-0.39, 0.29) is 11.1 Å². The lowest BCUT2D eigenvalue weighted by Gasteiger charge is -2.18. The highest BCUT2D eigenvalue weighted by molar-refractivity contribution is 6.38. The Hall–Kier alpha value is -3.40. The van der Waals surface area contributed by atoms with Crippen molar-refractivity contribution in [2.45, 2.75) is 6.92 Å². The molecule has 0 saturated carbocycles. The number of carbonyl (C=O) groups is 2. The Bertz CT molecular complexity index is 932. The second kappa shape index (κ2) is 6.61. The van der Waals surface area contributed by atoms with Gasteiger partial charge in [-0.05, 0) is 23.6 Å². The molecule has 0 amide bonds. The number of hydrogen-bond donors (Lipinski definition) is 2. The third-order valence-electron chi connectivity index (χ3n) is 4.00. The van der Waals surface area contributed by atoms with Gasteiger partial charge in [-0.25, -0.2) is 0 Å². The van der Waals surface area contributed by atoms with Crippen LogP contribution in [0.15, 0.2) is 83.3 Å². The zero-order chi connectivity index (χ0) is 18.0. The van der Waals surface area contributed by atoms with Gasteiger partial charge in [0, 0.05) is 0 Å². The van der Waals surface area contributed by atoms with Gasteiger partial charge in [-0.15, -0.1) is 0 Å². The van der Waals surface area contributed by atoms with Gasteiger partial charge in [0.15, 0.2) is 11.5 Å². The predicted molar refractivity (Wildman–Crippen MR) is 95.8 cm³/mol. The number of rotatable bonds is 3. The largest absolute Gasteiger partial charge is 0.504 e. The quantitative estimate of drug-likeness (QED) is 0.833. The van der Waals surface area contributed by atoms with Crippen molar-refractivity contribution in [3.05, 3.63) is 94.5 Å². The van der Waals surface area contributed by atoms with Gasteiger partial charge in [0.2, 0.25) is 11.6 Å². The van der Waals surface area contributed by atoms with Gasteiger partial charge in [-0.3, -0.25) is 9.59 Å². The standard InChI is InChI=1S/C21H16O4/c1-13(12-14-8-4-2-5-9-14)16-18(22)20(24)17(21(25)19(16)23)15-10-6-3-7-11-15/h2-12,22,25H,1H3/b13-12+. The molecule has 4 nitrogen and oxygen atoms in total. The van der Waals surface area contributed by atoms with Gasteiger partial charge in [0.25, 0.3) is 0 Å². The van der Waals surface area contributed by atoms with Gasteiger partial charge < -0.3 is 10.2 Å². The molecule has 0 bridgehead atoms. The van der Waals surface area contributed by atoms with Crippen LogP contribution in [0.3, 0.4) is 0 Å². The average Bonchev–Trinajstić information content (AvgIpc) is 2.62. The van der Waals surface area contributed by atoms with E-state index >= 15 is 0 Å². The maximum atomic E-state index is 12.6. The number of ketones is 2. The van der Waals surface area contributed by atoms with E-state index in [1.54, 1.807) is 43.3 Å². The third kappa shape index (κ3) is 3.02. The Balaban J connectivity index is 2.07. The van der Waals surface area contributed by atoms with Crippen molar-refractivity contribution in [2.75, 3.05) is 0 Å². The van der Waals surface area contributed by atoms with Crippen LogP contribution in [0.25, 0.3) is 11.6 Å². The highest BCUT2D eigenvalue weighted by Gasteiger charge is 2.36. The van der Waals surface area contributed by atoms with Gasteiger partial charge in [-0.2, -0.15) is 0 Å². The fourth-order valence-corrected chi connectivity index (χ4v) is 2.79. The van der Waals surface area contributed by atoms with Crippen molar-refractivity contribution in [3.63, 3.8) is 0 Å². The molecule has 0 spiro atoms. The predicted octanol–water partition coefficient (Wildman–Crippen LogP) is 4.02. The third-order valence-corrected chi connectivity index (χ3v) is 4.00. The minimum atomic E-state index is -0.765. The lowest BCUT2D eigenvalue weighted by Crippen LogP contribution is -2.24. The maximum Gasteiger partial charge on any atom is 0.232 e. The number of aliphatic hydroxyl groups is 2. The summed E-state index contributed by atoms with van der Waals surface area (Å²) in [5.41, 5.74) is 1.25. The van der Waals surface area contributed by atoms with Crippen molar-refractivity contribution in [1.82, 2.24) is 0 Å². The van der Waals surface area contributed by atoms with Gasteiger partial charge in [0.05, 0.1) is 11.1 Å². The van der Waals surface area contributed by atoms with E-state index < -0.39 is 23.1 Å². The zero-order valence-corrected chi connectivity index (χ0v) is 13.6. The summed E-state index contributed by atoms with van der Waals surface area (Å²) in [6.07, 6.45) is 1.68. The van der Waals surface area contributed by atoms with Crippen molar-refractivity contribution >= 4 is 23.2 Å². The Morgan fingerprint density at radius 2 is 1.36 bits per heavy atom. The summed E-state index contributed by atoms with van der Waals surface area (Å²) in [6.45, 7) is 1.62. The summed E-state index contributed by atoms with van der Waals surface area (Å²) >= 11 is 0. The van der Waals surface area contributed by atoms with Crippen LogP contribution in [0.1, 0.15) is 18.1 Å². The first-order valence-corrected chi connectivity index (χ1v) is 7.75. The first-order valence-electron chi connectivity index (χ1n) is 7.75. The minimum absolute atomic E-state index is 0.175. The smallest absolute Gasteiger partial charge is 0.232 e. The molecular formula is C21H16O4. The molecule has 0 aromatic heterocycles. The highest BCUT2D eigenvalue weighted by atomic mass is 16.3. The monoisotopic (exact) mass is 332 g/mol. The van der Waals surface area contributed by atoms with E-state index in [9.17, 15) is 19.8 Å². The number of Topliss-reactive ketones (excluding diaryl/α,β-unsaturated/α-hetero) is 2. The van der Waals surface area contributed by atoms with Crippen LogP contribution in [0, 0.1) is 0 Å². The number of benzene rings is 2. The SMILES string of the molecule is C/C(=C\c1ccccc1)C1=C(O)C(=O)C(c2ccccc2)=C(O)C1=O. The van der Waals surface area contributed by atoms with E-state index in [2.05, 4.69) is 0 Å². The summed E-state index contributed by atoms with van der Waals surface area (Å²) in [5, 5.41) is 20.6. The molecule has 0 atom stereocenters. The second-order valence-electron chi connectivity index (χ2n) is 5.71. The van der Waals surface area contributed by atoms with Crippen molar-refractivity contribution in [1.29, 1.82) is 0 Å². The van der Waals surface area contributed by atoms with E-state index in [0.717, 1.165) is 5.56 Å². The van der Waals surface area contributed by atoms with Crippen LogP contribution in [0.4, 0.5) is 0 Å².